The van der Waals surface area contributed by atoms with Crippen LogP contribution < -0.4 is 11.2 Å². The van der Waals surface area contributed by atoms with Crippen molar-refractivity contribution in [1.82, 2.24) is 35.6 Å². The molecule has 0 aromatic carbocycles. The monoisotopic (exact) mass is 427 g/mol. The maximum absolute atomic E-state index is 12.9. The molecular formula is C20H29N9O2. The lowest BCUT2D eigenvalue weighted by atomic mass is 9.94. The van der Waals surface area contributed by atoms with Crippen LogP contribution in [0.5, 0.6) is 0 Å². The van der Waals surface area contributed by atoms with Crippen LogP contribution in [0.15, 0.2) is 21.9 Å². The molecule has 1 atom stereocenters. The molecule has 0 bridgehead atoms. The van der Waals surface area contributed by atoms with Crippen molar-refractivity contribution >= 4 is 17.9 Å². The molecule has 2 aliphatic rings. The van der Waals surface area contributed by atoms with E-state index in [9.17, 15) is 4.79 Å². The van der Waals surface area contributed by atoms with E-state index in [1.165, 1.54) is 23.9 Å². The standard InChI is InChI=1S/C20H29N9O2/c1-28(15-10-6-3-7-11-15)13-16-17(23-27-29(16)19-18(21)25-31-26-19)20(30)24-22-12-14-8-4-2-5-9-14/h2,4,12,14-15H,3,5-11,13H2,1H3,(H2,21,25)(H,24,30). The minimum Gasteiger partial charge on any atom is -0.378 e. The van der Waals surface area contributed by atoms with Crippen molar-refractivity contribution in [3.05, 3.63) is 23.5 Å². The van der Waals surface area contributed by atoms with E-state index in [4.69, 9.17) is 10.4 Å². The van der Waals surface area contributed by atoms with Gasteiger partial charge in [0.1, 0.15) is 0 Å². The van der Waals surface area contributed by atoms with Crippen LogP contribution in [0.4, 0.5) is 5.82 Å². The van der Waals surface area contributed by atoms with E-state index in [0.29, 0.717) is 24.2 Å². The van der Waals surface area contributed by atoms with Crippen LogP contribution in [0.1, 0.15) is 67.5 Å². The van der Waals surface area contributed by atoms with Gasteiger partial charge in [-0.25, -0.2) is 10.1 Å². The molecule has 0 spiro atoms. The molecule has 1 unspecified atom stereocenters. The molecule has 2 aromatic rings. The van der Waals surface area contributed by atoms with Gasteiger partial charge in [0.25, 0.3) is 5.91 Å². The Labute approximate surface area is 180 Å². The van der Waals surface area contributed by atoms with E-state index in [-0.39, 0.29) is 17.3 Å². The number of nitrogens with zero attached hydrogens (tertiary/aromatic N) is 7. The Morgan fingerprint density at radius 2 is 2.16 bits per heavy atom. The van der Waals surface area contributed by atoms with Crippen molar-refractivity contribution in [2.24, 2.45) is 11.0 Å². The van der Waals surface area contributed by atoms with Crippen LogP contribution >= 0.6 is 0 Å². The van der Waals surface area contributed by atoms with Gasteiger partial charge in [-0.3, -0.25) is 9.69 Å². The van der Waals surface area contributed by atoms with Gasteiger partial charge in [0, 0.05) is 18.8 Å². The van der Waals surface area contributed by atoms with Crippen LogP contribution in [0.3, 0.4) is 0 Å². The predicted molar refractivity (Wildman–Crippen MR) is 114 cm³/mol. The fourth-order valence-corrected chi connectivity index (χ4v) is 4.22. The first-order chi connectivity index (χ1) is 15.1. The van der Waals surface area contributed by atoms with Gasteiger partial charge in [-0.2, -0.15) is 9.78 Å². The average Bonchev–Trinajstić information content (AvgIpc) is 3.40. The number of carbonyl (C=O) groups excluding carboxylic acids is 1. The number of nitrogens with one attached hydrogen (secondary N) is 1. The third-order valence-electron chi connectivity index (χ3n) is 6.03. The molecule has 11 heteroatoms. The first kappa shape index (κ1) is 21.2. The highest BCUT2D eigenvalue weighted by molar-refractivity contribution is 5.93. The minimum atomic E-state index is -0.420. The zero-order chi connectivity index (χ0) is 21.6. The van der Waals surface area contributed by atoms with Crippen molar-refractivity contribution in [2.75, 3.05) is 12.8 Å². The Morgan fingerprint density at radius 1 is 1.32 bits per heavy atom. The largest absolute Gasteiger partial charge is 0.378 e. The normalized spacial score (nSPS) is 20.0. The summed E-state index contributed by atoms with van der Waals surface area (Å²) < 4.78 is 6.15. The highest BCUT2D eigenvalue weighted by Crippen LogP contribution is 2.24. The van der Waals surface area contributed by atoms with E-state index in [2.05, 4.69) is 48.2 Å². The second kappa shape index (κ2) is 9.82. The maximum atomic E-state index is 12.9. The van der Waals surface area contributed by atoms with Crippen molar-refractivity contribution in [1.29, 1.82) is 0 Å². The summed E-state index contributed by atoms with van der Waals surface area (Å²) in [4.78, 5) is 15.1. The number of allylic oxidation sites excluding steroid dienone is 2. The van der Waals surface area contributed by atoms with Gasteiger partial charge < -0.3 is 5.73 Å². The molecule has 2 heterocycles. The SMILES string of the molecule is CN(Cc1c(C(=O)NN=CC2CC=CCC2)nnn1-c1nonc1N)C1CCCCC1. The van der Waals surface area contributed by atoms with Gasteiger partial charge in [-0.15, -0.1) is 5.10 Å². The zero-order valence-electron chi connectivity index (χ0n) is 17.8. The number of anilines is 1. The second-order valence-corrected chi connectivity index (χ2v) is 8.24. The first-order valence-corrected chi connectivity index (χ1v) is 10.8. The summed E-state index contributed by atoms with van der Waals surface area (Å²) in [6.45, 7) is 0.462. The van der Waals surface area contributed by atoms with Crippen LogP contribution in [0, 0.1) is 5.92 Å². The van der Waals surface area contributed by atoms with Crippen molar-refractivity contribution < 1.29 is 9.42 Å². The molecule has 11 nitrogen and oxygen atoms in total. The number of hydrazone groups is 1. The number of aromatic nitrogens is 5. The Morgan fingerprint density at radius 3 is 2.87 bits per heavy atom. The number of hydrogen-bond acceptors (Lipinski definition) is 9. The van der Waals surface area contributed by atoms with Gasteiger partial charge in [0.2, 0.25) is 11.6 Å². The van der Waals surface area contributed by atoms with E-state index in [0.717, 1.165) is 32.1 Å². The van der Waals surface area contributed by atoms with Crippen molar-refractivity contribution in [3.8, 4) is 5.82 Å². The Bertz CT molecular complexity index is 942. The van der Waals surface area contributed by atoms with E-state index < -0.39 is 5.91 Å². The number of carbonyl (C=O) groups is 1. The zero-order valence-corrected chi connectivity index (χ0v) is 17.8. The maximum Gasteiger partial charge on any atom is 0.293 e. The van der Waals surface area contributed by atoms with Gasteiger partial charge in [-0.05, 0) is 55.4 Å². The number of nitrogen functional groups attached to an aromatic ring is 1. The molecule has 0 saturated heterocycles. The summed E-state index contributed by atoms with van der Waals surface area (Å²) in [6.07, 6.45) is 15.1. The van der Waals surface area contributed by atoms with Crippen molar-refractivity contribution in [3.63, 3.8) is 0 Å². The molecule has 4 rings (SSSR count). The van der Waals surface area contributed by atoms with Crippen LogP contribution in [-0.4, -0.2) is 55.4 Å². The lowest BCUT2D eigenvalue weighted by Gasteiger charge is -2.31. The fraction of sp³-hybridized carbons (Fsp3) is 0.600. The van der Waals surface area contributed by atoms with Crippen molar-refractivity contribution in [2.45, 2.75) is 64.0 Å². The Kier molecular flexibility index (Phi) is 6.70. The Balaban J connectivity index is 1.54. The average molecular weight is 428 g/mol. The summed E-state index contributed by atoms with van der Waals surface area (Å²) in [5.41, 5.74) is 9.22. The summed E-state index contributed by atoms with van der Waals surface area (Å²) in [7, 11) is 2.05. The topological polar surface area (TPSA) is 140 Å². The molecule has 1 saturated carbocycles. The van der Waals surface area contributed by atoms with Crippen LogP contribution in [-0.2, 0) is 6.54 Å². The predicted octanol–water partition coefficient (Wildman–Crippen LogP) is 2.07. The van der Waals surface area contributed by atoms with Gasteiger partial charge in [0.05, 0.1) is 5.69 Å². The molecule has 1 amide bonds. The van der Waals surface area contributed by atoms with Gasteiger partial charge >= 0.3 is 0 Å². The van der Waals surface area contributed by atoms with Gasteiger partial charge in [0.15, 0.2) is 5.69 Å². The number of nitrogens with two attached hydrogens (primary N) is 1. The molecule has 2 aliphatic carbocycles. The molecule has 1 fully saturated rings. The lowest BCUT2D eigenvalue weighted by Crippen LogP contribution is -2.34. The summed E-state index contributed by atoms with van der Waals surface area (Å²) in [5.74, 6) is 0.215. The molecule has 166 valence electrons. The first-order valence-electron chi connectivity index (χ1n) is 10.8. The smallest absolute Gasteiger partial charge is 0.293 e. The van der Waals surface area contributed by atoms with Gasteiger partial charge in [-0.1, -0.05) is 36.6 Å². The summed E-state index contributed by atoms with van der Waals surface area (Å²) in [5, 5.41) is 19.8. The fourth-order valence-electron chi connectivity index (χ4n) is 4.22. The van der Waals surface area contributed by atoms with Crippen LogP contribution in [0.2, 0.25) is 0 Å². The second-order valence-electron chi connectivity index (χ2n) is 8.24. The highest BCUT2D eigenvalue weighted by Gasteiger charge is 2.27. The number of rotatable bonds is 7. The quantitative estimate of drug-likeness (QED) is 0.389. The third-order valence-corrected chi connectivity index (χ3v) is 6.03. The summed E-state index contributed by atoms with van der Waals surface area (Å²) >= 11 is 0. The molecule has 0 aliphatic heterocycles. The molecule has 0 radical (unpaired) electrons. The third kappa shape index (κ3) is 4.98. The highest BCUT2D eigenvalue weighted by atomic mass is 16.6. The molecular weight excluding hydrogens is 398 g/mol. The molecule has 2 aromatic heterocycles. The van der Waals surface area contributed by atoms with E-state index >= 15 is 0 Å². The molecule has 3 N–H and O–H groups in total. The number of amides is 1. The number of hydrogen-bond donors (Lipinski definition) is 2. The Hall–Kier alpha value is -3.08. The lowest BCUT2D eigenvalue weighted by molar-refractivity contribution is 0.0946. The van der Waals surface area contributed by atoms with E-state index in [1.54, 1.807) is 6.21 Å². The molecule has 31 heavy (non-hydrogen) atoms. The van der Waals surface area contributed by atoms with E-state index in [1.807, 2.05) is 7.05 Å². The summed E-state index contributed by atoms with van der Waals surface area (Å²) in [6, 6.07) is 0.443. The minimum absolute atomic E-state index is 0.0850. The van der Waals surface area contributed by atoms with Crippen LogP contribution in [0.25, 0.3) is 5.82 Å².